The van der Waals surface area contributed by atoms with E-state index in [0.29, 0.717) is 6.61 Å². The van der Waals surface area contributed by atoms with Crippen LogP contribution >= 0.6 is 0 Å². The molecule has 2 atom stereocenters. The molecule has 0 aliphatic carbocycles. The van der Waals surface area contributed by atoms with Crippen LogP contribution in [0.4, 0.5) is 8.78 Å². The lowest BCUT2D eigenvalue weighted by Crippen LogP contribution is -2.51. The molecule has 0 amide bonds. The second kappa shape index (κ2) is 3.88. The fraction of sp³-hybridized carbons (Fsp3) is 1.00. The van der Waals surface area contributed by atoms with E-state index in [4.69, 9.17) is 4.74 Å². The van der Waals surface area contributed by atoms with Crippen LogP contribution in [0.5, 0.6) is 0 Å². The maximum atomic E-state index is 13.1. The molecule has 2 nitrogen and oxygen atoms in total. The Kier molecular flexibility index (Phi) is 3.24. The van der Waals surface area contributed by atoms with Gasteiger partial charge in [-0.2, -0.15) is 0 Å². The molecule has 78 valence electrons. The molecule has 2 unspecified atom stereocenters. The average Bonchev–Trinajstić information content (AvgIpc) is 1.99. The minimum Gasteiger partial charge on any atom is -0.383 e. The van der Waals surface area contributed by atoms with Crippen LogP contribution in [-0.2, 0) is 4.74 Å². The van der Waals surface area contributed by atoms with Crippen molar-refractivity contribution in [1.82, 2.24) is 4.90 Å². The number of alkyl halides is 2. The molecule has 0 radical (unpaired) electrons. The van der Waals surface area contributed by atoms with Gasteiger partial charge in [0.1, 0.15) is 0 Å². The second-order valence-corrected chi connectivity index (χ2v) is 3.89. The van der Waals surface area contributed by atoms with Gasteiger partial charge in [-0.15, -0.1) is 0 Å². The second-order valence-electron chi connectivity index (χ2n) is 3.89. The SMILES string of the molecule is COCC1CC(F)(F)CC(C)N1C. The number of nitrogens with zero attached hydrogens (tertiary/aromatic N) is 1. The smallest absolute Gasteiger partial charge is 0.251 e. The van der Waals surface area contributed by atoms with Crippen molar-refractivity contribution in [2.45, 2.75) is 37.8 Å². The zero-order chi connectivity index (χ0) is 10.1. The lowest BCUT2D eigenvalue weighted by atomic mass is 9.94. The third kappa shape index (κ3) is 2.61. The number of piperidine rings is 1. The van der Waals surface area contributed by atoms with Gasteiger partial charge in [0.15, 0.2) is 0 Å². The highest BCUT2D eigenvalue weighted by Gasteiger charge is 2.42. The molecule has 1 aliphatic rings. The number of rotatable bonds is 2. The molecule has 0 bridgehead atoms. The third-order valence-electron chi connectivity index (χ3n) is 2.76. The lowest BCUT2D eigenvalue weighted by Gasteiger charge is -2.41. The lowest BCUT2D eigenvalue weighted by molar-refractivity contribution is -0.103. The molecule has 0 aromatic rings. The number of halogens is 2. The summed E-state index contributed by atoms with van der Waals surface area (Å²) in [5.74, 6) is -2.52. The summed E-state index contributed by atoms with van der Waals surface area (Å²) < 4.78 is 31.2. The van der Waals surface area contributed by atoms with Gasteiger partial charge in [0.05, 0.1) is 6.61 Å². The number of methoxy groups -OCH3 is 1. The number of hydrogen-bond acceptors (Lipinski definition) is 2. The molecule has 0 saturated carbocycles. The van der Waals surface area contributed by atoms with E-state index in [1.807, 2.05) is 18.9 Å². The van der Waals surface area contributed by atoms with Gasteiger partial charge in [0.2, 0.25) is 0 Å². The maximum absolute atomic E-state index is 13.1. The van der Waals surface area contributed by atoms with Crippen LogP contribution in [0.2, 0.25) is 0 Å². The van der Waals surface area contributed by atoms with Crippen LogP contribution in [0.3, 0.4) is 0 Å². The highest BCUT2D eigenvalue weighted by Crippen LogP contribution is 2.34. The van der Waals surface area contributed by atoms with E-state index in [9.17, 15) is 8.78 Å². The van der Waals surface area contributed by atoms with E-state index >= 15 is 0 Å². The first kappa shape index (κ1) is 10.9. The largest absolute Gasteiger partial charge is 0.383 e. The summed E-state index contributed by atoms with van der Waals surface area (Å²) in [5, 5.41) is 0. The van der Waals surface area contributed by atoms with Crippen LogP contribution in [0.1, 0.15) is 19.8 Å². The normalized spacial score (nSPS) is 34.8. The predicted molar refractivity (Wildman–Crippen MR) is 47.1 cm³/mol. The maximum Gasteiger partial charge on any atom is 0.251 e. The first-order valence-electron chi connectivity index (χ1n) is 4.55. The van der Waals surface area contributed by atoms with Crippen LogP contribution in [0.15, 0.2) is 0 Å². The van der Waals surface area contributed by atoms with Crippen molar-refractivity contribution in [2.24, 2.45) is 0 Å². The van der Waals surface area contributed by atoms with E-state index in [1.54, 1.807) is 7.11 Å². The van der Waals surface area contributed by atoms with Crippen LogP contribution < -0.4 is 0 Å². The fourth-order valence-corrected chi connectivity index (χ4v) is 1.88. The summed E-state index contributed by atoms with van der Waals surface area (Å²) in [6.45, 7) is 2.21. The zero-order valence-corrected chi connectivity index (χ0v) is 8.39. The molecule has 0 aromatic carbocycles. The Hall–Kier alpha value is -0.220. The Bertz CT molecular complexity index is 175. The topological polar surface area (TPSA) is 12.5 Å². The highest BCUT2D eigenvalue weighted by molar-refractivity contribution is 4.88. The third-order valence-corrected chi connectivity index (χ3v) is 2.76. The Morgan fingerprint density at radius 1 is 1.46 bits per heavy atom. The summed E-state index contributed by atoms with van der Waals surface area (Å²) in [7, 11) is 3.43. The molecule has 1 rings (SSSR count). The Morgan fingerprint density at radius 3 is 2.62 bits per heavy atom. The molecule has 1 saturated heterocycles. The zero-order valence-electron chi connectivity index (χ0n) is 8.39. The average molecular weight is 193 g/mol. The fourth-order valence-electron chi connectivity index (χ4n) is 1.88. The Balaban J connectivity index is 2.61. The number of likely N-dealkylation sites (N-methyl/N-ethyl adjacent to an activating group) is 1. The van der Waals surface area contributed by atoms with Gasteiger partial charge in [-0.3, -0.25) is 4.90 Å². The summed E-state index contributed by atoms with van der Waals surface area (Å²) in [6.07, 6.45) is -0.120. The number of hydrogen-bond donors (Lipinski definition) is 0. The van der Waals surface area contributed by atoms with Crippen LogP contribution in [0, 0.1) is 0 Å². The van der Waals surface area contributed by atoms with Crippen molar-refractivity contribution in [2.75, 3.05) is 20.8 Å². The number of ether oxygens (including phenoxy) is 1. The quantitative estimate of drug-likeness (QED) is 0.662. The molecular weight excluding hydrogens is 176 g/mol. The van der Waals surface area contributed by atoms with E-state index in [-0.39, 0.29) is 24.9 Å². The molecule has 13 heavy (non-hydrogen) atoms. The Labute approximate surface area is 77.9 Å². The van der Waals surface area contributed by atoms with Gasteiger partial charge in [0, 0.05) is 32.0 Å². The van der Waals surface area contributed by atoms with Gasteiger partial charge in [0.25, 0.3) is 5.92 Å². The van der Waals surface area contributed by atoms with Gasteiger partial charge in [-0.25, -0.2) is 8.78 Å². The number of likely N-dealkylation sites (tertiary alicyclic amines) is 1. The highest BCUT2D eigenvalue weighted by atomic mass is 19.3. The first-order valence-corrected chi connectivity index (χ1v) is 4.55. The monoisotopic (exact) mass is 193 g/mol. The molecule has 1 aliphatic heterocycles. The van der Waals surface area contributed by atoms with E-state index in [1.165, 1.54) is 0 Å². The summed E-state index contributed by atoms with van der Waals surface area (Å²) in [5.41, 5.74) is 0. The predicted octanol–water partition coefficient (Wildman–Crippen LogP) is 1.75. The van der Waals surface area contributed by atoms with Crippen LogP contribution in [0.25, 0.3) is 0 Å². The van der Waals surface area contributed by atoms with E-state index in [2.05, 4.69) is 0 Å². The minimum absolute atomic E-state index is 0.0380. The van der Waals surface area contributed by atoms with Gasteiger partial charge in [-0.05, 0) is 14.0 Å². The summed E-state index contributed by atoms with van der Waals surface area (Å²) >= 11 is 0. The molecule has 0 N–H and O–H groups in total. The molecule has 1 fully saturated rings. The van der Waals surface area contributed by atoms with Crippen LogP contribution in [-0.4, -0.2) is 43.7 Å². The van der Waals surface area contributed by atoms with Crippen molar-refractivity contribution in [3.8, 4) is 0 Å². The molecule has 0 spiro atoms. The van der Waals surface area contributed by atoms with Crippen molar-refractivity contribution in [3.63, 3.8) is 0 Å². The summed E-state index contributed by atoms with van der Waals surface area (Å²) in [6, 6.07) is -0.215. The molecule has 4 heteroatoms. The van der Waals surface area contributed by atoms with Gasteiger partial charge < -0.3 is 4.74 Å². The molecule has 1 heterocycles. The molecular formula is C9H17F2NO. The van der Waals surface area contributed by atoms with Crippen molar-refractivity contribution < 1.29 is 13.5 Å². The van der Waals surface area contributed by atoms with Crippen molar-refractivity contribution >= 4 is 0 Å². The Morgan fingerprint density at radius 2 is 2.08 bits per heavy atom. The van der Waals surface area contributed by atoms with Crippen molar-refractivity contribution in [1.29, 1.82) is 0 Å². The summed E-state index contributed by atoms with van der Waals surface area (Å²) in [4.78, 5) is 1.97. The first-order chi connectivity index (χ1) is 5.96. The van der Waals surface area contributed by atoms with Gasteiger partial charge in [-0.1, -0.05) is 0 Å². The van der Waals surface area contributed by atoms with E-state index < -0.39 is 5.92 Å². The molecule has 0 aromatic heterocycles. The standard InChI is InChI=1S/C9H17F2NO/c1-7-4-9(10,11)5-8(6-13-3)12(7)2/h7-8H,4-6H2,1-3H3. The van der Waals surface area contributed by atoms with Crippen molar-refractivity contribution in [3.05, 3.63) is 0 Å². The van der Waals surface area contributed by atoms with Gasteiger partial charge >= 0.3 is 0 Å². The van der Waals surface area contributed by atoms with E-state index in [0.717, 1.165) is 0 Å². The minimum atomic E-state index is -2.52.